The second-order valence-electron chi connectivity index (χ2n) is 4.91. The van der Waals surface area contributed by atoms with E-state index < -0.39 is 0 Å². The highest BCUT2D eigenvalue weighted by Gasteiger charge is 2.28. The van der Waals surface area contributed by atoms with Gasteiger partial charge in [-0.3, -0.25) is 9.78 Å². The van der Waals surface area contributed by atoms with Crippen LogP contribution in [0.1, 0.15) is 26.9 Å². The van der Waals surface area contributed by atoms with Gasteiger partial charge in [-0.1, -0.05) is 6.07 Å². The Labute approximate surface area is 131 Å². The minimum Gasteiger partial charge on any atom is -0.337 e. The molecule has 1 aromatic carbocycles. The highest BCUT2D eigenvalue weighted by molar-refractivity contribution is 8.02. The monoisotopic (exact) mass is 312 g/mol. The van der Waals surface area contributed by atoms with E-state index in [1.165, 1.54) is 0 Å². The smallest absolute Gasteiger partial charge is 0.171 e. The van der Waals surface area contributed by atoms with E-state index in [2.05, 4.69) is 9.88 Å². The van der Waals surface area contributed by atoms with Gasteiger partial charge in [0.1, 0.15) is 12.0 Å². The summed E-state index contributed by atoms with van der Waals surface area (Å²) in [6, 6.07) is 7.67. The van der Waals surface area contributed by atoms with E-state index in [9.17, 15) is 4.79 Å². The van der Waals surface area contributed by atoms with E-state index in [0.717, 1.165) is 23.1 Å². The molecule has 3 heterocycles. The van der Waals surface area contributed by atoms with E-state index in [1.54, 1.807) is 18.0 Å². The molecule has 0 fully saturated rings. The Morgan fingerprint density at radius 3 is 3.14 bits per heavy atom. The molecular weight excluding hydrogens is 300 g/mol. The SMILES string of the molecule is O=Cc1c(N2C=CSC2c2cccnc2)ccc2c1COO2. The number of fused-ring (bicyclic) bond motifs is 1. The summed E-state index contributed by atoms with van der Waals surface area (Å²) in [6.07, 6.45) is 6.44. The molecule has 1 unspecified atom stereocenters. The van der Waals surface area contributed by atoms with Gasteiger partial charge in [-0.05, 0) is 23.6 Å². The molecule has 0 spiro atoms. The van der Waals surface area contributed by atoms with E-state index >= 15 is 0 Å². The summed E-state index contributed by atoms with van der Waals surface area (Å²) in [5, 5.41) is 2.08. The molecule has 4 rings (SSSR count). The van der Waals surface area contributed by atoms with Gasteiger partial charge in [0.2, 0.25) is 0 Å². The number of pyridine rings is 1. The molecule has 0 radical (unpaired) electrons. The quantitative estimate of drug-likeness (QED) is 0.639. The Morgan fingerprint density at radius 2 is 2.32 bits per heavy atom. The van der Waals surface area contributed by atoms with Crippen LogP contribution < -0.4 is 9.79 Å². The lowest BCUT2D eigenvalue weighted by Crippen LogP contribution is -2.19. The molecule has 2 aromatic rings. The first-order chi connectivity index (χ1) is 10.9. The number of thioether (sulfide) groups is 1. The summed E-state index contributed by atoms with van der Waals surface area (Å²) >= 11 is 1.68. The summed E-state index contributed by atoms with van der Waals surface area (Å²) in [6.45, 7) is 0.291. The van der Waals surface area contributed by atoms with Crippen molar-refractivity contribution in [2.24, 2.45) is 0 Å². The molecule has 0 saturated carbocycles. The average Bonchev–Trinajstić information content (AvgIpc) is 3.23. The first kappa shape index (κ1) is 13.4. The lowest BCUT2D eigenvalue weighted by molar-refractivity contribution is -0.194. The van der Waals surface area contributed by atoms with Crippen molar-refractivity contribution in [1.82, 2.24) is 4.98 Å². The molecule has 0 N–H and O–H groups in total. The van der Waals surface area contributed by atoms with Gasteiger partial charge >= 0.3 is 0 Å². The summed E-state index contributed by atoms with van der Waals surface area (Å²) in [4.78, 5) is 27.9. The van der Waals surface area contributed by atoms with Crippen LogP contribution in [0, 0.1) is 0 Å². The normalized spacial score (nSPS) is 19.1. The van der Waals surface area contributed by atoms with Crippen LogP contribution in [-0.2, 0) is 11.5 Å². The van der Waals surface area contributed by atoms with Crippen LogP contribution >= 0.6 is 11.8 Å². The first-order valence-corrected chi connectivity index (χ1v) is 7.73. The molecule has 1 atom stereocenters. The number of anilines is 1. The van der Waals surface area contributed by atoms with Gasteiger partial charge in [0.25, 0.3) is 0 Å². The highest BCUT2D eigenvalue weighted by Crippen LogP contribution is 2.44. The fourth-order valence-corrected chi connectivity index (χ4v) is 3.62. The Hall–Kier alpha value is -2.31. The van der Waals surface area contributed by atoms with Crippen LogP contribution in [0.5, 0.6) is 5.75 Å². The van der Waals surface area contributed by atoms with Crippen molar-refractivity contribution < 1.29 is 14.6 Å². The maximum Gasteiger partial charge on any atom is 0.171 e. The van der Waals surface area contributed by atoms with Gasteiger partial charge in [0.15, 0.2) is 12.0 Å². The number of hydrogen-bond donors (Lipinski definition) is 0. The highest BCUT2D eigenvalue weighted by atomic mass is 32.2. The zero-order valence-electron chi connectivity index (χ0n) is 11.5. The molecule has 0 saturated heterocycles. The predicted molar refractivity (Wildman–Crippen MR) is 83.4 cm³/mol. The second-order valence-corrected chi connectivity index (χ2v) is 5.90. The average molecular weight is 312 g/mol. The van der Waals surface area contributed by atoms with Gasteiger partial charge in [0.05, 0.1) is 5.69 Å². The standard InChI is InChI=1S/C16H12N2O3S/c19-9-12-13-10-20-21-15(13)4-3-14(12)18-6-7-22-16(18)11-2-1-5-17-8-11/h1-9,16H,10H2. The third-order valence-electron chi connectivity index (χ3n) is 3.69. The number of hydrogen-bond acceptors (Lipinski definition) is 6. The van der Waals surface area contributed by atoms with E-state index in [-0.39, 0.29) is 5.37 Å². The van der Waals surface area contributed by atoms with Crippen molar-refractivity contribution in [2.75, 3.05) is 4.90 Å². The molecular formula is C16H12N2O3S. The lowest BCUT2D eigenvalue weighted by atomic mass is 10.0. The van der Waals surface area contributed by atoms with Crippen LogP contribution in [0.15, 0.2) is 48.3 Å². The first-order valence-electron chi connectivity index (χ1n) is 6.79. The second kappa shape index (κ2) is 5.47. The number of carbonyl (C=O) groups excluding carboxylic acids is 1. The Balaban J connectivity index is 1.78. The maximum absolute atomic E-state index is 11.6. The van der Waals surface area contributed by atoms with Gasteiger partial charge in [0, 0.05) is 35.3 Å². The number of carbonyl (C=O) groups is 1. The maximum atomic E-state index is 11.6. The van der Waals surface area contributed by atoms with E-state index in [4.69, 9.17) is 9.78 Å². The fraction of sp³-hybridized carbons (Fsp3) is 0.125. The van der Waals surface area contributed by atoms with Crippen molar-refractivity contribution >= 4 is 23.7 Å². The van der Waals surface area contributed by atoms with Crippen LogP contribution in [-0.4, -0.2) is 11.3 Å². The minimum atomic E-state index is 0.0636. The molecule has 22 heavy (non-hydrogen) atoms. The third kappa shape index (κ3) is 2.08. The molecule has 6 heteroatoms. The number of nitrogens with zero attached hydrogens (tertiary/aromatic N) is 2. The Bertz CT molecular complexity index is 749. The largest absolute Gasteiger partial charge is 0.337 e. The van der Waals surface area contributed by atoms with Crippen molar-refractivity contribution in [3.63, 3.8) is 0 Å². The molecule has 0 bridgehead atoms. The van der Waals surface area contributed by atoms with Gasteiger partial charge in [-0.2, -0.15) is 4.89 Å². The molecule has 110 valence electrons. The third-order valence-corrected chi connectivity index (χ3v) is 4.73. The summed E-state index contributed by atoms with van der Waals surface area (Å²) in [7, 11) is 0. The topological polar surface area (TPSA) is 51.7 Å². The molecule has 2 aliphatic heterocycles. The van der Waals surface area contributed by atoms with Crippen molar-refractivity contribution in [3.8, 4) is 5.75 Å². The van der Waals surface area contributed by atoms with E-state index in [0.29, 0.717) is 17.9 Å². The molecule has 0 aliphatic carbocycles. The zero-order valence-corrected chi connectivity index (χ0v) is 12.3. The van der Waals surface area contributed by atoms with Gasteiger partial charge in [-0.25, -0.2) is 0 Å². The lowest BCUT2D eigenvalue weighted by Gasteiger charge is -2.26. The fourth-order valence-electron chi connectivity index (χ4n) is 2.65. The number of benzene rings is 1. The zero-order chi connectivity index (χ0) is 14.9. The number of rotatable bonds is 3. The molecule has 2 aliphatic rings. The van der Waals surface area contributed by atoms with Crippen molar-refractivity contribution in [1.29, 1.82) is 0 Å². The Morgan fingerprint density at radius 1 is 1.36 bits per heavy atom. The molecule has 1 aromatic heterocycles. The van der Waals surface area contributed by atoms with Crippen LogP contribution in [0.25, 0.3) is 0 Å². The molecule has 5 nitrogen and oxygen atoms in total. The van der Waals surface area contributed by atoms with Crippen molar-refractivity contribution in [2.45, 2.75) is 12.0 Å². The summed E-state index contributed by atoms with van der Waals surface area (Å²) in [5.74, 6) is 0.611. The Kier molecular flexibility index (Phi) is 3.32. The van der Waals surface area contributed by atoms with E-state index in [1.807, 2.05) is 42.1 Å². The van der Waals surface area contributed by atoms with Crippen LogP contribution in [0.2, 0.25) is 0 Å². The van der Waals surface area contributed by atoms with Crippen LogP contribution in [0.4, 0.5) is 5.69 Å². The van der Waals surface area contributed by atoms with Crippen molar-refractivity contribution in [3.05, 3.63) is 65.0 Å². The minimum absolute atomic E-state index is 0.0636. The number of aldehydes is 1. The van der Waals surface area contributed by atoms with Crippen LogP contribution in [0.3, 0.4) is 0 Å². The predicted octanol–water partition coefficient (Wildman–Crippen LogP) is 3.44. The summed E-state index contributed by atoms with van der Waals surface area (Å²) < 4.78 is 0. The molecule has 0 amide bonds. The van der Waals surface area contributed by atoms with Gasteiger partial charge in [-0.15, -0.1) is 11.8 Å². The summed E-state index contributed by atoms with van der Waals surface area (Å²) in [5.41, 5.74) is 3.33. The van der Waals surface area contributed by atoms with Gasteiger partial charge < -0.3 is 9.79 Å². The number of aromatic nitrogens is 1.